The Morgan fingerprint density at radius 1 is 0.429 bits per heavy atom. The number of nitriles is 1. The van der Waals surface area contributed by atoms with Crippen LogP contribution in [0.15, 0.2) is 146 Å². The molecule has 0 bridgehead atoms. The van der Waals surface area contributed by atoms with Crippen molar-refractivity contribution in [1.29, 1.82) is 5.26 Å². The van der Waals surface area contributed by atoms with Crippen LogP contribution in [0.3, 0.4) is 0 Å². The third-order valence-corrected chi connectivity index (χ3v) is 10.9. The van der Waals surface area contributed by atoms with Gasteiger partial charge in [0.1, 0.15) is 11.6 Å². The van der Waals surface area contributed by atoms with Gasteiger partial charge >= 0.3 is 0 Å². The Balaban J connectivity index is 1.37. The van der Waals surface area contributed by atoms with Crippen molar-refractivity contribution < 1.29 is 0 Å². The van der Waals surface area contributed by atoms with Crippen molar-refractivity contribution in [3.8, 4) is 51.1 Å². The molecule has 3 heterocycles. The third-order valence-electron chi connectivity index (χ3n) is 10.9. The molecule has 0 saturated carbocycles. The molecule has 0 radical (unpaired) electrons. The van der Waals surface area contributed by atoms with Gasteiger partial charge in [0.05, 0.1) is 45.1 Å². The predicted molar refractivity (Wildman–Crippen MR) is 228 cm³/mol. The normalized spacial score (nSPS) is 11.6. The van der Waals surface area contributed by atoms with E-state index in [1.807, 2.05) is 38.1 Å². The van der Waals surface area contributed by atoms with E-state index in [0.717, 1.165) is 61.3 Å². The topological polar surface area (TPSA) is 72.3 Å². The second-order valence-corrected chi connectivity index (χ2v) is 14.6. The fourth-order valence-corrected chi connectivity index (χ4v) is 8.47. The van der Waals surface area contributed by atoms with Crippen molar-refractivity contribution in [2.24, 2.45) is 0 Å². The monoisotopic (exact) mass is 720 g/mol. The first kappa shape index (κ1) is 33.2. The predicted octanol–water partition coefficient (Wildman–Crippen LogP) is 12.2. The maximum Gasteiger partial charge on any atom is 0.163 e. The Kier molecular flexibility index (Phi) is 7.65. The molecule has 10 rings (SSSR count). The van der Waals surface area contributed by atoms with Crippen LogP contribution < -0.4 is 0 Å². The van der Waals surface area contributed by atoms with Gasteiger partial charge in [0.15, 0.2) is 5.82 Å². The van der Waals surface area contributed by atoms with E-state index in [1.165, 1.54) is 32.7 Å². The minimum atomic E-state index is 0.625. The van der Waals surface area contributed by atoms with Gasteiger partial charge in [-0.1, -0.05) is 83.9 Å². The smallest absolute Gasteiger partial charge is 0.163 e. The number of nitrogens with zero attached hydrogens (tertiary/aromatic N) is 6. The lowest BCUT2D eigenvalue weighted by molar-refractivity contribution is 0.928. The van der Waals surface area contributed by atoms with Crippen LogP contribution in [0.1, 0.15) is 28.3 Å². The molecular weight excluding hydrogens is 685 g/mol. The fraction of sp³-hybridized carbons (Fsp3) is 0.0800. The van der Waals surface area contributed by atoms with Gasteiger partial charge in [-0.2, -0.15) is 5.26 Å². The molecule has 6 heteroatoms. The van der Waals surface area contributed by atoms with Gasteiger partial charge in [-0.25, -0.2) is 15.0 Å². The summed E-state index contributed by atoms with van der Waals surface area (Å²) >= 11 is 0. The molecule has 10 aromatic rings. The van der Waals surface area contributed by atoms with Gasteiger partial charge in [0, 0.05) is 38.2 Å². The number of aromatic nitrogens is 5. The minimum Gasteiger partial charge on any atom is -0.309 e. The molecule has 0 N–H and O–H groups in total. The Morgan fingerprint density at radius 3 is 1.48 bits per heavy atom. The molecule has 7 aromatic carbocycles. The lowest BCUT2D eigenvalue weighted by Gasteiger charge is -2.21. The number of hydrogen-bond acceptors (Lipinski definition) is 4. The number of aryl methyl sites for hydroxylation is 4. The van der Waals surface area contributed by atoms with Crippen molar-refractivity contribution in [2.45, 2.75) is 27.7 Å². The van der Waals surface area contributed by atoms with Crippen molar-refractivity contribution in [3.63, 3.8) is 0 Å². The van der Waals surface area contributed by atoms with Crippen LogP contribution in [0, 0.1) is 39.0 Å². The molecular formula is C50H36N6. The van der Waals surface area contributed by atoms with Crippen LogP contribution >= 0.6 is 0 Å². The molecule has 0 amide bonds. The highest BCUT2D eigenvalue weighted by molar-refractivity contribution is 6.12. The average Bonchev–Trinajstić information content (AvgIpc) is 3.72. The summed E-state index contributed by atoms with van der Waals surface area (Å²) in [6.45, 7) is 8.11. The first-order valence-electron chi connectivity index (χ1n) is 18.8. The van der Waals surface area contributed by atoms with Crippen LogP contribution in [0.5, 0.6) is 0 Å². The van der Waals surface area contributed by atoms with Gasteiger partial charge in [0.2, 0.25) is 0 Å². The first-order valence-corrected chi connectivity index (χ1v) is 18.8. The van der Waals surface area contributed by atoms with Gasteiger partial charge in [-0.3, -0.25) is 0 Å². The summed E-state index contributed by atoms with van der Waals surface area (Å²) in [7, 11) is 0. The maximum absolute atomic E-state index is 10.3. The zero-order valence-corrected chi connectivity index (χ0v) is 31.5. The van der Waals surface area contributed by atoms with E-state index in [2.05, 4.69) is 155 Å². The van der Waals surface area contributed by atoms with Gasteiger partial charge in [-0.15, -0.1) is 0 Å². The Morgan fingerprint density at radius 2 is 0.911 bits per heavy atom. The van der Waals surface area contributed by atoms with E-state index in [1.54, 1.807) is 0 Å². The first-order chi connectivity index (χ1) is 27.4. The van der Waals surface area contributed by atoms with Crippen molar-refractivity contribution in [3.05, 3.63) is 174 Å². The summed E-state index contributed by atoms with van der Waals surface area (Å²) in [6, 6.07) is 54.1. The van der Waals surface area contributed by atoms with E-state index < -0.39 is 0 Å². The molecule has 0 atom stereocenters. The summed E-state index contributed by atoms with van der Waals surface area (Å²) in [5.41, 5.74) is 14.3. The molecule has 0 aliphatic heterocycles. The molecule has 0 fully saturated rings. The van der Waals surface area contributed by atoms with E-state index in [9.17, 15) is 5.26 Å². The molecule has 0 unspecified atom stereocenters. The van der Waals surface area contributed by atoms with E-state index in [-0.39, 0.29) is 0 Å². The Labute approximate surface area is 324 Å². The third kappa shape index (κ3) is 5.28. The summed E-state index contributed by atoms with van der Waals surface area (Å²) in [6.07, 6.45) is 0. The van der Waals surface area contributed by atoms with Crippen LogP contribution in [0.25, 0.3) is 88.6 Å². The number of rotatable bonds is 5. The quantitative estimate of drug-likeness (QED) is 0.177. The van der Waals surface area contributed by atoms with Crippen molar-refractivity contribution >= 4 is 43.6 Å². The van der Waals surface area contributed by atoms with E-state index >= 15 is 0 Å². The van der Waals surface area contributed by atoms with Crippen LogP contribution in [-0.4, -0.2) is 24.1 Å². The Hall–Kier alpha value is -7.36. The highest BCUT2D eigenvalue weighted by atomic mass is 15.0. The van der Waals surface area contributed by atoms with Crippen LogP contribution in [0.2, 0.25) is 0 Å². The summed E-state index contributed by atoms with van der Waals surface area (Å²) in [5.74, 6) is 1.97. The molecule has 0 aliphatic rings. The van der Waals surface area contributed by atoms with Crippen LogP contribution in [0.4, 0.5) is 0 Å². The zero-order valence-electron chi connectivity index (χ0n) is 31.5. The molecule has 3 aromatic heterocycles. The number of benzene rings is 7. The van der Waals surface area contributed by atoms with Crippen LogP contribution in [-0.2, 0) is 0 Å². The standard InChI is InChI=1S/C50H36N6/c1-30-17-21-46-40(25-30)38-13-7-9-15-44(38)55(46)48-23-19-34(37-12-6-5-11-36(37)29-51)27-42(48)43-28-35(50-53-32(3)52-33(4)54-50)20-24-49(43)56-45-16-10-8-14-39(45)41-26-31(2)18-22-47(41)56/h5-28H,1-4H3. The maximum atomic E-state index is 10.3. The van der Waals surface area contributed by atoms with Gasteiger partial charge < -0.3 is 9.13 Å². The highest BCUT2D eigenvalue weighted by Gasteiger charge is 2.23. The lowest BCUT2D eigenvalue weighted by atomic mass is 9.93. The summed E-state index contributed by atoms with van der Waals surface area (Å²) in [4.78, 5) is 14.1. The number of hydrogen-bond donors (Lipinski definition) is 0. The largest absolute Gasteiger partial charge is 0.309 e. The van der Waals surface area contributed by atoms with E-state index in [0.29, 0.717) is 23.0 Å². The minimum absolute atomic E-state index is 0.625. The van der Waals surface area contributed by atoms with Gasteiger partial charge in [-0.05, 0) is 112 Å². The van der Waals surface area contributed by atoms with Gasteiger partial charge in [0.25, 0.3) is 0 Å². The number of para-hydroxylation sites is 2. The molecule has 0 aliphatic carbocycles. The molecule has 0 saturated heterocycles. The average molecular weight is 721 g/mol. The molecule has 56 heavy (non-hydrogen) atoms. The second kappa shape index (κ2) is 12.9. The van der Waals surface area contributed by atoms with Crippen molar-refractivity contribution in [1.82, 2.24) is 24.1 Å². The summed E-state index contributed by atoms with van der Waals surface area (Å²) in [5, 5.41) is 15.0. The Bertz CT molecular complexity index is 3250. The lowest BCUT2D eigenvalue weighted by Crippen LogP contribution is -2.04. The molecule has 6 nitrogen and oxygen atoms in total. The fourth-order valence-electron chi connectivity index (χ4n) is 8.47. The molecule has 266 valence electrons. The van der Waals surface area contributed by atoms with E-state index in [4.69, 9.17) is 9.97 Å². The molecule has 0 spiro atoms. The zero-order chi connectivity index (χ0) is 38.1. The second-order valence-electron chi connectivity index (χ2n) is 14.6. The summed E-state index contributed by atoms with van der Waals surface area (Å²) < 4.78 is 4.78. The van der Waals surface area contributed by atoms with Crippen molar-refractivity contribution in [2.75, 3.05) is 0 Å². The SMILES string of the molecule is Cc1ccc2c(c1)c1ccccc1n2-c1ccc(-c2nc(C)nc(C)n2)cc1-c1cc(-c2ccccc2C#N)ccc1-n1c2ccccc2c2cc(C)ccc21. The number of fused-ring (bicyclic) bond motifs is 6. The highest BCUT2D eigenvalue weighted by Crippen LogP contribution is 2.43.